The molecule has 1 aliphatic carbocycles. The fourth-order valence-electron chi connectivity index (χ4n) is 2.20. The van der Waals surface area contributed by atoms with E-state index in [4.69, 9.17) is 4.74 Å². The van der Waals surface area contributed by atoms with Crippen LogP contribution in [0.25, 0.3) is 0 Å². The lowest BCUT2D eigenvalue weighted by atomic mass is 10.2. The van der Waals surface area contributed by atoms with Crippen LogP contribution in [-0.2, 0) is 13.2 Å². The highest BCUT2D eigenvalue weighted by Crippen LogP contribution is 2.28. The molecule has 1 aliphatic rings. The van der Waals surface area contributed by atoms with Crippen LogP contribution in [0.1, 0.15) is 24.1 Å². The number of nitrogens with one attached hydrogen (secondary N) is 1. The van der Waals surface area contributed by atoms with Gasteiger partial charge >= 0.3 is 0 Å². The first-order chi connectivity index (χ1) is 10.3. The molecule has 110 valence electrons. The summed E-state index contributed by atoms with van der Waals surface area (Å²) in [6.45, 7) is 2.44. The van der Waals surface area contributed by atoms with Crippen molar-refractivity contribution in [1.29, 1.82) is 0 Å². The highest BCUT2D eigenvalue weighted by molar-refractivity contribution is 9.10. The van der Waals surface area contributed by atoms with Gasteiger partial charge in [0.05, 0.1) is 5.69 Å². The maximum Gasteiger partial charge on any atom is 0.130 e. The average Bonchev–Trinajstić information content (AvgIpc) is 3.32. The molecule has 0 spiro atoms. The summed E-state index contributed by atoms with van der Waals surface area (Å²) >= 11 is 3.53. The van der Waals surface area contributed by atoms with Crippen molar-refractivity contribution in [3.05, 3.63) is 58.3 Å². The zero-order valence-electron chi connectivity index (χ0n) is 11.9. The molecular formula is C17H19BrN2O. The molecule has 1 saturated carbocycles. The molecule has 1 fully saturated rings. The van der Waals surface area contributed by atoms with Gasteiger partial charge in [0, 0.05) is 22.8 Å². The molecule has 4 heteroatoms. The summed E-state index contributed by atoms with van der Waals surface area (Å²) in [4.78, 5) is 4.28. The average molecular weight is 347 g/mol. The molecule has 0 aliphatic heterocycles. The molecule has 21 heavy (non-hydrogen) atoms. The maximum atomic E-state index is 5.93. The summed E-state index contributed by atoms with van der Waals surface area (Å²) in [5.74, 6) is 1.81. The number of hydrogen-bond donors (Lipinski definition) is 1. The Morgan fingerprint density at radius 2 is 2.14 bits per heavy atom. The van der Waals surface area contributed by atoms with E-state index in [1.807, 2.05) is 30.3 Å². The third kappa shape index (κ3) is 4.55. The van der Waals surface area contributed by atoms with Gasteiger partial charge in [-0.1, -0.05) is 22.0 Å². The van der Waals surface area contributed by atoms with Gasteiger partial charge in [0.15, 0.2) is 0 Å². The Labute approximate surface area is 133 Å². The third-order valence-electron chi connectivity index (χ3n) is 3.57. The fraction of sp³-hybridized carbons (Fsp3) is 0.353. The van der Waals surface area contributed by atoms with Crippen molar-refractivity contribution < 1.29 is 4.74 Å². The van der Waals surface area contributed by atoms with E-state index in [9.17, 15) is 0 Å². The summed E-state index contributed by atoms with van der Waals surface area (Å²) in [5.41, 5.74) is 2.12. The van der Waals surface area contributed by atoms with Crippen LogP contribution in [0.4, 0.5) is 0 Å². The van der Waals surface area contributed by atoms with E-state index >= 15 is 0 Å². The molecule has 3 nitrogen and oxygen atoms in total. The van der Waals surface area contributed by atoms with Gasteiger partial charge in [0.25, 0.3) is 0 Å². The minimum atomic E-state index is 0.498. The van der Waals surface area contributed by atoms with Crippen molar-refractivity contribution in [2.24, 2.45) is 5.92 Å². The fourth-order valence-corrected chi connectivity index (χ4v) is 2.60. The summed E-state index contributed by atoms with van der Waals surface area (Å²) < 4.78 is 7.01. The lowest BCUT2D eigenvalue weighted by Crippen LogP contribution is -2.16. The Bertz CT molecular complexity index is 585. The number of nitrogens with zero attached hydrogens (tertiary/aromatic N) is 1. The standard InChI is InChI=1S/C17H19BrN2O/c18-15-6-7-17(21-12-16-3-1-2-8-20-16)14(9-15)11-19-10-13-4-5-13/h1-3,6-9,13,19H,4-5,10-12H2. The summed E-state index contributed by atoms with van der Waals surface area (Å²) in [7, 11) is 0. The van der Waals surface area contributed by atoms with Crippen LogP contribution in [0.3, 0.4) is 0 Å². The summed E-state index contributed by atoms with van der Waals surface area (Å²) in [5, 5.41) is 3.51. The first-order valence-electron chi connectivity index (χ1n) is 7.33. The predicted octanol–water partition coefficient (Wildman–Crippen LogP) is 3.92. The first-order valence-corrected chi connectivity index (χ1v) is 8.12. The zero-order chi connectivity index (χ0) is 14.5. The molecule has 3 rings (SSSR count). The number of ether oxygens (including phenoxy) is 1. The van der Waals surface area contributed by atoms with Crippen molar-refractivity contribution in [2.75, 3.05) is 6.54 Å². The van der Waals surface area contributed by atoms with E-state index in [0.29, 0.717) is 6.61 Å². The van der Waals surface area contributed by atoms with Crippen LogP contribution in [0, 0.1) is 5.92 Å². The van der Waals surface area contributed by atoms with Gasteiger partial charge in [-0.3, -0.25) is 4.98 Å². The van der Waals surface area contributed by atoms with E-state index in [1.165, 1.54) is 18.4 Å². The largest absolute Gasteiger partial charge is 0.487 e. The molecule has 0 amide bonds. The Kier molecular flexibility index (Phi) is 4.88. The predicted molar refractivity (Wildman–Crippen MR) is 87.1 cm³/mol. The van der Waals surface area contributed by atoms with Gasteiger partial charge < -0.3 is 10.1 Å². The zero-order valence-corrected chi connectivity index (χ0v) is 13.5. The molecule has 0 unspecified atom stereocenters. The van der Waals surface area contributed by atoms with Gasteiger partial charge in [0.1, 0.15) is 12.4 Å². The van der Waals surface area contributed by atoms with Crippen LogP contribution in [0.5, 0.6) is 5.75 Å². The molecule has 1 heterocycles. The molecule has 0 atom stereocenters. The van der Waals surface area contributed by atoms with Crippen LogP contribution in [0.15, 0.2) is 47.1 Å². The second-order valence-corrected chi connectivity index (χ2v) is 6.35. The second-order valence-electron chi connectivity index (χ2n) is 5.44. The molecule has 1 aromatic carbocycles. The van der Waals surface area contributed by atoms with Crippen LogP contribution in [-0.4, -0.2) is 11.5 Å². The molecule has 0 bridgehead atoms. The molecule has 0 radical (unpaired) electrons. The highest BCUT2D eigenvalue weighted by Gasteiger charge is 2.20. The number of rotatable bonds is 7. The number of hydrogen-bond acceptors (Lipinski definition) is 3. The molecule has 1 N–H and O–H groups in total. The van der Waals surface area contributed by atoms with Gasteiger partial charge in [0.2, 0.25) is 0 Å². The van der Waals surface area contributed by atoms with Gasteiger partial charge in [-0.15, -0.1) is 0 Å². The SMILES string of the molecule is Brc1ccc(OCc2ccccn2)c(CNCC2CC2)c1. The van der Waals surface area contributed by atoms with E-state index < -0.39 is 0 Å². The Balaban J connectivity index is 1.62. The normalized spacial score (nSPS) is 14.1. The molecular weight excluding hydrogens is 328 g/mol. The number of aromatic nitrogens is 1. The topological polar surface area (TPSA) is 34.1 Å². The maximum absolute atomic E-state index is 5.93. The Morgan fingerprint density at radius 1 is 1.24 bits per heavy atom. The minimum absolute atomic E-state index is 0.498. The molecule has 2 aromatic rings. The second kappa shape index (κ2) is 7.05. The minimum Gasteiger partial charge on any atom is -0.487 e. The first kappa shape index (κ1) is 14.5. The van der Waals surface area contributed by atoms with Gasteiger partial charge in [-0.25, -0.2) is 0 Å². The van der Waals surface area contributed by atoms with Crippen LogP contribution in [0.2, 0.25) is 0 Å². The van der Waals surface area contributed by atoms with Crippen LogP contribution < -0.4 is 10.1 Å². The monoisotopic (exact) mass is 346 g/mol. The lowest BCUT2D eigenvalue weighted by molar-refractivity contribution is 0.297. The van der Waals surface area contributed by atoms with E-state index in [2.05, 4.69) is 32.3 Å². The number of benzene rings is 1. The summed E-state index contributed by atoms with van der Waals surface area (Å²) in [6, 6.07) is 12.0. The van der Waals surface area contributed by atoms with E-state index in [-0.39, 0.29) is 0 Å². The molecule has 1 aromatic heterocycles. The van der Waals surface area contributed by atoms with E-state index in [0.717, 1.165) is 34.9 Å². The van der Waals surface area contributed by atoms with Gasteiger partial charge in [-0.05, 0) is 55.6 Å². The number of halogens is 1. The van der Waals surface area contributed by atoms with Gasteiger partial charge in [-0.2, -0.15) is 0 Å². The van der Waals surface area contributed by atoms with Crippen molar-refractivity contribution in [3.63, 3.8) is 0 Å². The van der Waals surface area contributed by atoms with Crippen LogP contribution >= 0.6 is 15.9 Å². The summed E-state index contributed by atoms with van der Waals surface area (Å²) in [6.07, 6.45) is 4.53. The quantitative estimate of drug-likeness (QED) is 0.824. The smallest absolute Gasteiger partial charge is 0.130 e. The Hall–Kier alpha value is -1.39. The van der Waals surface area contributed by atoms with Crippen molar-refractivity contribution >= 4 is 15.9 Å². The van der Waals surface area contributed by atoms with Crippen molar-refractivity contribution in [1.82, 2.24) is 10.3 Å². The van der Waals surface area contributed by atoms with E-state index in [1.54, 1.807) is 6.20 Å². The lowest BCUT2D eigenvalue weighted by Gasteiger charge is -2.12. The molecule has 0 saturated heterocycles. The number of pyridine rings is 1. The van der Waals surface area contributed by atoms with Crippen molar-refractivity contribution in [2.45, 2.75) is 26.0 Å². The third-order valence-corrected chi connectivity index (χ3v) is 4.06. The Morgan fingerprint density at radius 3 is 2.90 bits per heavy atom. The highest BCUT2D eigenvalue weighted by atomic mass is 79.9. The van der Waals surface area contributed by atoms with Crippen molar-refractivity contribution in [3.8, 4) is 5.75 Å².